The second kappa shape index (κ2) is 8.82. The van der Waals surface area contributed by atoms with E-state index in [1.54, 1.807) is 16.8 Å². The molecule has 1 amide bonds. The van der Waals surface area contributed by atoms with E-state index in [9.17, 15) is 9.90 Å². The van der Waals surface area contributed by atoms with Crippen LogP contribution in [0.2, 0.25) is 0 Å². The Morgan fingerprint density at radius 2 is 1.55 bits per heavy atom. The number of para-hydroxylation sites is 1. The third-order valence-electron chi connectivity index (χ3n) is 6.13. The van der Waals surface area contributed by atoms with Crippen LogP contribution < -0.4 is 4.90 Å². The molecule has 0 bridgehead atoms. The van der Waals surface area contributed by atoms with Gasteiger partial charge in [-0.1, -0.05) is 48.5 Å². The topological polar surface area (TPSA) is 61.6 Å². The lowest BCUT2D eigenvalue weighted by Crippen LogP contribution is -2.48. The summed E-state index contributed by atoms with van der Waals surface area (Å²) in [5.74, 6) is 0.244. The van der Waals surface area contributed by atoms with Crippen LogP contribution in [0.25, 0.3) is 16.9 Å². The van der Waals surface area contributed by atoms with Gasteiger partial charge in [0.15, 0.2) is 0 Å². The Balaban J connectivity index is 1.44. The van der Waals surface area contributed by atoms with E-state index in [-0.39, 0.29) is 11.7 Å². The maximum atomic E-state index is 13.7. The quantitative estimate of drug-likeness (QED) is 0.509. The highest BCUT2D eigenvalue weighted by Crippen LogP contribution is 2.28. The fourth-order valence-electron chi connectivity index (χ4n) is 4.31. The number of anilines is 1. The molecule has 6 heteroatoms. The minimum atomic E-state index is -0.00834. The summed E-state index contributed by atoms with van der Waals surface area (Å²) in [6.07, 6.45) is 1.85. The summed E-state index contributed by atoms with van der Waals surface area (Å²) in [5.41, 5.74) is 5.25. The van der Waals surface area contributed by atoms with Crippen molar-refractivity contribution in [1.29, 1.82) is 0 Å². The number of phenols is 1. The molecular weight excluding hydrogens is 412 g/mol. The molecule has 1 aliphatic heterocycles. The maximum Gasteiger partial charge on any atom is 0.257 e. The number of benzene rings is 3. The summed E-state index contributed by atoms with van der Waals surface area (Å²) >= 11 is 0. The summed E-state index contributed by atoms with van der Waals surface area (Å²) < 4.78 is 1.79. The van der Waals surface area contributed by atoms with Gasteiger partial charge in [0.1, 0.15) is 11.4 Å². The van der Waals surface area contributed by atoms with Gasteiger partial charge in [0.25, 0.3) is 5.91 Å². The minimum absolute atomic E-state index is 0.00834. The molecule has 0 radical (unpaired) electrons. The number of hydrogen-bond acceptors (Lipinski definition) is 4. The second-order valence-electron chi connectivity index (χ2n) is 8.29. The van der Waals surface area contributed by atoms with Crippen LogP contribution in [0.15, 0.2) is 85.1 Å². The molecule has 1 saturated heterocycles. The molecule has 4 aromatic rings. The summed E-state index contributed by atoms with van der Waals surface area (Å²) in [6.45, 7) is 4.68. The van der Waals surface area contributed by atoms with E-state index < -0.39 is 0 Å². The summed E-state index contributed by atoms with van der Waals surface area (Å²) in [4.78, 5) is 17.8. The molecule has 33 heavy (non-hydrogen) atoms. The molecule has 5 rings (SSSR count). The van der Waals surface area contributed by atoms with Crippen LogP contribution in [-0.4, -0.2) is 51.9 Å². The van der Waals surface area contributed by atoms with E-state index in [4.69, 9.17) is 5.10 Å². The first kappa shape index (κ1) is 20.8. The highest BCUT2D eigenvalue weighted by Gasteiger charge is 2.27. The van der Waals surface area contributed by atoms with Gasteiger partial charge in [0.2, 0.25) is 0 Å². The van der Waals surface area contributed by atoms with E-state index in [0.29, 0.717) is 37.4 Å². The average molecular weight is 439 g/mol. The SMILES string of the molecule is Cc1ccccc1-c1nn(-c2ccccc2)cc1C(=O)N1CCN(c2cccc(O)c2)CC1. The average Bonchev–Trinajstić information content (AvgIpc) is 3.30. The van der Waals surface area contributed by atoms with Crippen molar-refractivity contribution < 1.29 is 9.90 Å². The molecule has 0 saturated carbocycles. The Morgan fingerprint density at radius 1 is 0.848 bits per heavy atom. The lowest BCUT2D eigenvalue weighted by atomic mass is 10.0. The van der Waals surface area contributed by atoms with Crippen LogP contribution in [0.4, 0.5) is 5.69 Å². The van der Waals surface area contributed by atoms with Crippen LogP contribution in [-0.2, 0) is 0 Å². The molecule has 0 aliphatic carbocycles. The maximum absolute atomic E-state index is 13.7. The summed E-state index contributed by atoms with van der Waals surface area (Å²) in [6, 6.07) is 25.1. The molecule has 6 nitrogen and oxygen atoms in total. The van der Waals surface area contributed by atoms with E-state index in [2.05, 4.69) is 4.90 Å². The molecular formula is C27H26N4O2. The molecule has 2 heterocycles. The molecule has 1 aliphatic rings. The largest absolute Gasteiger partial charge is 0.508 e. The number of aromatic nitrogens is 2. The smallest absolute Gasteiger partial charge is 0.257 e. The number of aryl methyl sites for hydroxylation is 1. The van der Waals surface area contributed by atoms with Crippen molar-refractivity contribution in [3.63, 3.8) is 0 Å². The van der Waals surface area contributed by atoms with Crippen molar-refractivity contribution in [2.24, 2.45) is 0 Å². The summed E-state index contributed by atoms with van der Waals surface area (Å²) in [5, 5.41) is 14.6. The van der Waals surface area contributed by atoms with Crippen molar-refractivity contribution in [1.82, 2.24) is 14.7 Å². The zero-order chi connectivity index (χ0) is 22.8. The van der Waals surface area contributed by atoms with Crippen LogP contribution >= 0.6 is 0 Å². The molecule has 166 valence electrons. The third-order valence-corrected chi connectivity index (χ3v) is 6.13. The lowest BCUT2D eigenvalue weighted by Gasteiger charge is -2.36. The molecule has 3 aromatic carbocycles. The Morgan fingerprint density at radius 3 is 2.27 bits per heavy atom. The standard InChI is InChI=1S/C27H26N4O2/c1-20-8-5-6-13-24(20)26-25(19-31(28-26)21-9-3-2-4-10-21)27(33)30-16-14-29(15-17-30)22-11-7-12-23(32)18-22/h2-13,18-19,32H,14-17H2,1H3. The van der Waals surface area contributed by atoms with Gasteiger partial charge in [-0.15, -0.1) is 0 Å². The van der Waals surface area contributed by atoms with Crippen LogP contribution in [0.1, 0.15) is 15.9 Å². The number of amides is 1. The normalized spacial score (nSPS) is 13.8. The van der Waals surface area contributed by atoms with Gasteiger partial charge in [-0.25, -0.2) is 4.68 Å². The van der Waals surface area contributed by atoms with Crippen molar-refractivity contribution in [3.05, 3.63) is 96.2 Å². The zero-order valence-electron chi connectivity index (χ0n) is 18.6. The first-order chi connectivity index (χ1) is 16.1. The Bertz CT molecular complexity index is 1270. The number of hydrogen-bond donors (Lipinski definition) is 1. The predicted molar refractivity (Wildman–Crippen MR) is 130 cm³/mol. The van der Waals surface area contributed by atoms with E-state index in [1.807, 2.05) is 84.8 Å². The van der Waals surface area contributed by atoms with Crippen molar-refractivity contribution >= 4 is 11.6 Å². The minimum Gasteiger partial charge on any atom is -0.508 e. The van der Waals surface area contributed by atoms with Crippen molar-refractivity contribution in [2.45, 2.75) is 6.92 Å². The fourth-order valence-corrected chi connectivity index (χ4v) is 4.31. The first-order valence-electron chi connectivity index (χ1n) is 11.1. The molecule has 0 unspecified atom stereocenters. The molecule has 1 aromatic heterocycles. The second-order valence-corrected chi connectivity index (χ2v) is 8.29. The Kier molecular flexibility index (Phi) is 5.57. The van der Waals surface area contributed by atoms with Gasteiger partial charge >= 0.3 is 0 Å². The van der Waals surface area contributed by atoms with Crippen LogP contribution in [0, 0.1) is 6.92 Å². The molecule has 0 atom stereocenters. The molecule has 0 spiro atoms. The van der Waals surface area contributed by atoms with Crippen molar-refractivity contribution in [2.75, 3.05) is 31.1 Å². The van der Waals surface area contributed by atoms with Crippen LogP contribution in [0.3, 0.4) is 0 Å². The van der Waals surface area contributed by atoms with Crippen LogP contribution in [0.5, 0.6) is 5.75 Å². The van der Waals surface area contributed by atoms with E-state index in [0.717, 1.165) is 22.5 Å². The highest BCUT2D eigenvalue weighted by molar-refractivity contribution is 6.00. The van der Waals surface area contributed by atoms with Gasteiger partial charge in [-0.05, 0) is 36.8 Å². The van der Waals surface area contributed by atoms with E-state index in [1.165, 1.54) is 0 Å². The summed E-state index contributed by atoms with van der Waals surface area (Å²) in [7, 11) is 0. The Hall–Kier alpha value is -4.06. The van der Waals surface area contributed by atoms with Crippen molar-refractivity contribution in [3.8, 4) is 22.7 Å². The van der Waals surface area contributed by atoms with E-state index >= 15 is 0 Å². The first-order valence-corrected chi connectivity index (χ1v) is 11.1. The number of piperazine rings is 1. The number of phenolic OH excluding ortho intramolecular Hbond substituents is 1. The third kappa shape index (κ3) is 4.20. The van der Waals surface area contributed by atoms with Gasteiger partial charge in [-0.2, -0.15) is 5.10 Å². The number of carbonyl (C=O) groups excluding carboxylic acids is 1. The fraction of sp³-hybridized carbons (Fsp3) is 0.185. The molecule has 1 N–H and O–H groups in total. The predicted octanol–water partition coefficient (Wildman–Crippen LogP) is 4.52. The Labute approximate surface area is 193 Å². The zero-order valence-corrected chi connectivity index (χ0v) is 18.6. The lowest BCUT2D eigenvalue weighted by molar-refractivity contribution is 0.0747. The number of aromatic hydroxyl groups is 1. The highest BCUT2D eigenvalue weighted by atomic mass is 16.3. The van der Waals surface area contributed by atoms with Gasteiger partial charge in [0, 0.05) is 49.7 Å². The number of nitrogens with zero attached hydrogens (tertiary/aromatic N) is 4. The molecule has 1 fully saturated rings. The number of carbonyl (C=O) groups is 1. The van der Waals surface area contributed by atoms with Gasteiger partial charge < -0.3 is 14.9 Å². The van der Waals surface area contributed by atoms with Gasteiger partial charge in [0.05, 0.1) is 11.3 Å². The monoisotopic (exact) mass is 438 g/mol. The number of rotatable bonds is 4. The van der Waals surface area contributed by atoms with Gasteiger partial charge in [-0.3, -0.25) is 4.79 Å².